The molecule has 0 radical (unpaired) electrons. The number of benzene rings is 1. The van der Waals surface area contributed by atoms with Crippen LogP contribution in [0, 0.1) is 5.82 Å². The molecule has 0 aromatic heterocycles. The Morgan fingerprint density at radius 3 is 2.55 bits per heavy atom. The molecule has 0 heterocycles. The van der Waals surface area contributed by atoms with Crippen molar-refractivity contribution in [3.8, 4) is 5.75 Å². The maximum absolute atomic E-state index is 13.2. The number of amides is 1. The number of aromatic hydroxyl groups is 1. The quantitative estimate of drug-likeness (QED) is 0.664. The van der Waals surface area contributed by atoms with E-state index >= 15 is 0 Å². The standard InChI is InChI=1S/C15H22FNO5/c1-15(2,3)22-14(21)17-7-6-12(19)13(20)9-4-5-11(18)10(16)8-9/h4-5,8,12-13,18-20H,6-7H2,1-3H3,(H,17,21). The number of rotatable bonds is 5. The van der Waals surface area contributed by atoms with Gasteiger partial charge in [0.2, 0.25) is 0 Å². The highest BCUT2D eigenvalue weighted by molar-refractivity contribution is 5.67. The normalized spacial score (nSPS) is 14.3. The molecule has 0 aliphatic rings. The van der Waals surface area contributed by atoms with Crippen molar-refractivity contribution >= 4 is 6.09 Å². The van der Waals surface area contributed by atoms with Crippen molar-refractivity contribution in [1.29, 1.82) is 0 Å². The Kier molecular flexibility index (Phi) is 6.13. The number of alkyl carbamates (subject to hydrolysis) is 1. The van der Waals surface area contributed by atoms with Crippen molar-refractivity contribution in [2.45, 2.75) is 45.0 Å². The molecule has 0 fully saturated rings. The van der Waals surface area contributed by atoms with Gasteiger partial charge in [0, 0.05) is 6.54 Å². The van der Waals surface area contributed by atoms with Crippen LogP contribution in [-0.2, 0) is 4.74 Å². The van der Waals surface area contributed by atoms with Crippen LogP contribution < -0.4 is 5.32 Å². The second-order valence-electron chi connectivity index (χ2n) is 5.94. The van der Waals surface area contributed by atoms with E-state index in [1.54, 1.807) is 20.8 Å². The number of phenols is 1. The van der Waals surface area contributed by atoms with E-state index in [9.17, 15) is 19.4 Å². The number of carbonyl (C=O) groups is 1. The summed E-state index contributed by atoms with van der Waals surface area (Å²) in [6, 6.07) is 3.36. The van der Waals surface area contributed by atoms with Crippen molar-refractivity contribution in [2.75, 3.05) is 6.54 Å². The third-order valence-electron chi connectivity index (χ3n) is 2.79. The van der Waals surface area contributed by atoms with Crippen LogP contribution in [0.1, 0.15) is 38.9 Å². The second kappa shape index (κ2) is 7.42. The number of aliphatic hydroxyl groups is 2. The largest absolute Gasteiger partial charge is 0.505 e. The highest BCUT2D eigenvalue weighted by Gasteiger charge is 2.20. The van der Waals surface area contributed by atoms with Crippen molar-refractivity contribution in [2.24, 2.45) is 0 Å². The minimum absolute atomic E-state index is 0.0584. The average Bonchev–Trinajstić information content (AvgIpc) is 2.38. The topological polar surface area (TPSA) is 99.0 Å². The molecule has 2 unspecified atom stereocenters. The molecule has 0 saturated heterocycles. The summed E-state index contributed by atoms with van der Waals surface area (Å²) >= 11 is 0. The number of hydrogen-bond acceptors (Lipinski definition) is 5. The van der Waals surface area contributed by atoms with Crippen molar-refractivity contribution in [1.82, 2.24) is 5.32 Å². The minimum Gasteiger partial charge on any atom is -0.505 e. The smallest absolute Gasteiger partial charge is 0.407 e. The maximum atomic E-state index is 13.2. The van der Waals surface area contributed by atoms with Crippen LogP contribution in [0.15, 0.2) is 18.2 Å². The van der Waals surface area contributed by atoms with E-state index in [1.807, 2.05) is 0 Å². The Morgan fingerprint density at radius 2 is 2.00 bits per heavy atom. The maximum Gasteiger partial charge on any atom is 0.407 e. The monoisotopic (exact) mass is 315 g/mol. The van der Waals surface area contributed by atoms with Gasteiger partial charge in [0.1, 0.15) is 11.7 Å². The van der Waals surface area contributed by atoms with Crippen molar-refractivity contribution in [3.05, 3.63) is 29.6 Å². The molecule has 1 rings (SSSR count). The van der Waals surface area contributed by atoms with Gasteiger partial charge in [-0.1, -0.05) is 6.07 Å². The number of aliphatic hydroxyl groups excluding tert-OH is 2. The van der Waals surface area contributed by atoms with Gasteiger partial charge >= 0.3 is 6.09 Å². The van der Waals surface area contributed by atoms with Crippen LogP contribution in [0.4, 0.5) is 9.18 Å². The first-order valence-electron chi connectivity index (χ1n) is 6.91. The number of ether oxygens (including phenoxy) is 1. The molecule has 2 atom stereocenters. The van der Waals surface area contributed by atoms with Gasteiger partial charge < -0.3 is 25.4 Å². The highest BCUT2D eigenvalue weighted by Crippen LogP contribution is 2.23. The van der Waals surface area contributed by atoms with Gasteiger partial charge in [-0.3, -0.25) is 0 Å². The van der Waals surface area contributed by atoms with Crippen LogP contribution >= 0.6 is 0 Å². The molecule has 0 aliphatic carbocycles. The summed E-state index contributed by atoms with van der Waals surface area (Å²) in [6.07, 6.45) is -3.08. The first-order chi connectivity index (χ1) is 10.1. The molecule has 6 nitrogen and oxygen atoms in total. The fourth-order valence-electron chi connectivity index (χ4n) is 1.72. The molecular formula is C15H22FNO5. The van der Waals surface area contributed by atoms with Crippen LogP contribution in [0.25, 0.3) is 0 Å². The van der Waals surface area contributed by atoms with Gasteiger partial charge in [-0.25, -0.2) is 9.18 Å². The lowest BCUT2D eigenvalue weighted by atomic mass is 10.0. The van der Waals surface area contributed by atoms with Gasteiger partial charge in [0.05, 0.1) is 6.10 Å². The van der Waals surface area contributed by atoms with E-state index in [1.165, 1.54) is 6.07 Å². The summed E-state index contributed by atoms with van der Waals surface area (Å²) in [6.45, 7) is 5.27. The van der Waals surface area contributed by atoms with Gasteiger partial charge in [-0.05, 0) is 44.9 Å². The zero-order valence-electron chi connectivity index (χ0n) is 12.8. The van der Waals surface area contributed by atoms with Gasteiger partial charge in [-0.2, -0.15) is 0 Å². The average molecular weight is 315 g/mol. The molecule has 124 valence electrons. The summed E-state index contributed by atoms with van der Waals surface area (Å²) in [5, 5.41) is 31.3. The predicted octanol–water partition coefficient (Wildman–Crippen LogP) is 1.84. The lowest BCUT2D eigenvalue weighted by molar-refractivity contribution is 0.0121. The summed E-state index contributed by atoms with van der Waals surface area (Å²) < 4.78 is 18.2. The van der Waals surface area contributed by atoms with Crippen LogP contribution in [0.5, 0.6) is 5.75 Å². The first kappa shape index (κ1) is 18.2. The predicted molar refractivity (Wildman–Crippen MR) is 77.9 cm³/mol. The van der Waals surface area contributed by atoms with E-state index in [4.69, 9.17) is 9.84 Å². The lowest BCUT2D eigenvalue weighted by Crippen LogP contribution is -2.34. The molecule has 22 heavy (non-hydrogen) atoms. The molecule has 1 amide bonds. The summed E-state index contributed by atoms with van der Waals surface area (Å²) in [7, 11) is 0. The van der Waals surface area contributed by atoms with Crippen LogP contribution in [0.3, 0.4) is 0 Å². The highest BCUT2D eigenvalue weighted by atomic mass is 19.1. The Morgan fingerprint density at radius 1 is 1.36 bits per heavy atom. The zero-order chi connectivity index (χ0) is 16.9. The van der Waals surface area contributed by atoms with Crippen molar-refractivity contribution < 1.29 is 29.2 Å². The van der Waals surface area contributed by atoms with E-state index in [2.05, 4.69) is 5.32 Å². The molecule has 7 heteroatoms. The molecule has 0 aliphatic heterocycles. The molecule has 1 aromatic carbocycles. The fraction of sp³-hybridized carbons (Fsp3) is 0.533. The molecule has 4 N–H and O–H groups in total. The molecule has 0 bridgehead atoms. The van der Waals surface area contributed by atoms with E-state index in [-0.39, 0.29) is 18.5 Å². The minimum atomic E-state index is -1.32. The number of carbonyl (C=O) groups excluding carboxylic acids is 1. The van der Waals surface area contributed by atoms with Gasteiger partial charge in [-0.15, -0.1) is 0 Å². The second-order valence-corrected chi connectivity index (χ2v) is 5.94. The van der Waals surface area contributed by atoms with E-state index in [0.29, 0.717) is 0 Å². The SMILES string of the molecule is CC(C)(C)OC(=O)NCCC(O)C(O)c1ccc(O)c(F)c1. The molecule has 0 spiro atoms. The summed E-state index contributed by atoms with van der Waals surface area (Å²) in [5.74, 6) is -1.41. The molecular weight excluding hydrogens is 293 g/mol. The Balaban J connectivity index is 2.46. The molecule has 0 saturated carbocycles. The van der Waals surface area contributed by atoms with Gasteiger partial charge in [0.15, 0.2) is 11.6 Å². The third kappa shape index (κ3) is 5.87. The zero-order valence-corrected chi connectivity index (χ0v) is 12.8. The van der Waals surface area contributed by atoms with Crippen molar-refractivity contribution in [3.63, 3.8) is 0 Å². The first-order valence-corrected chi connectivity index (χ1v) is 6.91. The van der Waals surface area contributed by atoms with Crippen LogP contribution in [-0.4, -0.2) is 39.7 Å². The van der Waals surface area contributed by atoms with E-state index in [0.717, 1.165) is 12.1 Å². The fourth-order valence-corrected chi connectivity index (χ4v) is 1.72. The Hall–Kier alpha value is -1.86. The van der Waals surface area contributed by atoms with Gasteiger partial charge in [0.25, 0.3) is 0 Å². The van der Waals surface area contributed by atoms with E-state index < -0.39 is 35.5 Å². The third-order valence-corrected chi connectivity index (χ3v) is 2.79. The summed E-state index contributed by atoms with van der Waals surface area (Å²) in [5.41, 5.74) is -0.480. The molecule has 1 aromatic rings. The van der Waals surface area contributed by atoms with Crippen LogP contribution in [0.2, 0.25) is 0 Å². The Labute approximate surface area is 128 Å². The number of hydrogen-bond donors (Lipinski definition) is 4. The Bertz CT molecular complexity index is 515. The number of nitrogens with one attached hydrogen (secondary N) is 1. The summed E-state index contributed by atoms with van der Waals surface area (Å²) in [4.78, 5) is 11.4. The number of halogens is 1. The lowest BCUT2D eigenvalue weighted by Gasteiger charge is -2.21. The number of phenolic OH excluding ortho intramolecular Hbond substituents is 1.